The minimum Gasteiger partial charge on any atom is -0.389 e. The Morgan fingerprint density at radius 1 is 1.24 bits per heavy atom. The van der Waals surface area contributed by atoms with E-state index in [2.05, 4.69) is 5.32 Å². The predicted octanol–water partition coefficient (Wildman–Crippen LogP) is 1.27. The third-order valence-corrected chi connectivity index (χ3v) is 2.37. The molecular formula is C16H25NO4. The molecule has 0 saturated heterocycles. The maximum atomic E-state index is 11.4. The number of rotatable bonds is 9. The van der Waals surface area contributed by atoms with Gasteiger partial charge in [0, 0.05) is 6.54 Å². The third-order valence-electron chi connectivity index (χ3n) is 2.37. The van der Waals surface area contributed by atoms with Crippen LogP contribution in [-0.2, 0) is 9.59 Å². The normalized spacial score (nSPS) is 14.1. The highest BCUT2D eigenvalue weighted by atomic mass is 16.3. The largest absolute Gasteiger partial charge is 0.389 e. The lowest BCUT2D eigenvalue weighted by atomic mass is 10.1. The molecule has 0 radical (unpaired) electrons. The molecule has 1 unspecified atom stereocenters. The van der Waals surface area contributed by atoms with Crippen molar-refractivity contribution in [3.63, 3.8) is 0 Å². The summed E-state index contributed by atoms with van der Waals surface area (Å²) in [5, 5.41) is 21.6. The summed E-state index contributed by atoms with van der Waals surface area (Å²) in [6.45, 7) is 4.86. The molecule has 0 rings (SSSR count). The molecule has 5 nitrogen and oxygen atoms in total. The van der Waals surface area contributed by atoms with Gasteiger partial charge in [0.25, 0.3) is 0 Å². The molecule has 1 amide bonds. The van der Waals surface area contributed by atoms with E-state index in [0.29, 0.717) is 12.8 Å². The molecule has 0 aromatic rings. The number of carbonyl (C=O) groups is 2. The van der Waals surface area contributed by atoms with Crippen molar-refractivity contribution in [1.29, 1.82) is 0 Å². The third kappa shape index (κ3) is 14.5. The Labute approximate surface area is 126 Å². The summed E-state index contributed by atoms with van der Waals surface area (Å²) in [6, 6.07) is 0. The Bertz CT molecular complexity index is 416. The van der Waals surface area contributed by atoms with E-state index in [-0.39, 0.29) is 18.2 Å². The first-order valence-corrected chi connectivity index (χ1v) is 6.91. The second kappa shape index (κ2) is 10.1. The molecule has 0 aromatic carbocycles. The average molecular weight is 295 g/mol. The Morgan fingerprint density at radius 2 is 1.90 bits per heavy atom. The van der Waals surface area contributed by atoms with Gasteiger partial charge in [0.2, 0.25) is 5.91 Å². The minimum atomic E-state index is -0.933. The maximum Gasteiger partial charge on any atom is 0.243 e. The summed E-state index contributed by atoms with van der Waals surface area (Å²) in [4.78, 5) is 22.0. The van der Waals surface area contributed by atoms with Crippen LogP contribution >= 0.6 is 0 Å². The van der Waals surface area contributed by atoms with Crippen LogP contribution in [0.4, 0.5) is 0 Å². The Morgan fingerprint density at radius 3 is 2.48 bits per heavy atom. The number of amides is 1. The van der Waals surface area contributed by atoms with Crippen LogP contribution in [-0.4, -0.2) is 40.2 Å². The smallest absolute Gasteiger partial charge is 0.243 e. The molecule has 0 aliphatic rings. The van der Waals surface area contributed by atoms with Crippen molar-refractivity contribution in [2.45, 2.75) is 45.3 Å². The van der Waals surface area contributed by atoms with E-state index in [4.69, 9.17) is 0 Å². The van der Waals surface area contributed by atoms with Crippen LogP contribution in [0, 0.1) is 0 Å². The summed E-state index contributed by atoms with van der Waals surface area (Å²) in [5.74, 6) is -0.319. The van der Waals surface area contributed by atoms with Crippen LogP contribution in [0.5, 0.6) is 0 Å². The lowest BCUT2D eigenvalue weighted by Crippen LogP contribution is -2.37. The van der Waals surface area contributed by atoms with Gasteiger partial charge in [-0.3, -0.25) is 9.59 Å². The van der Waals surface area contributed by atoms with Crippen LogP contribution in [0.1, 0.15) is 33.6 Å². The van der Waals surface area contributed by atoms with Crippen molar-refractivity contribution in [2.75, 3.05) is 6.54 Å². The molecule has 21 heavy (non-hydrogen) atoms. The van der Waals surface area contributed by atoms with Crippen molar-refractivity contribution in [3.8, 4) is 0 Å². The molecule has 0 heterocycles. The van der Waals surface area contributed by atoms with Crippen LogP contribution in [0.2, 0.25) is 0 Å². The summed E-state index contributed by atoms with van der Waals surface area (Å²) >= 11 is 0. The average Bonchev–Trinajstić information content (AvgIpc) is 2.36. The fourth-order valence-corrected chi connectivity index (χ4v) is 1.30. The van der Waals surface area contributed by atoms with Gasteiger partial charge in [0.05, 0.1) is 11.7 Å². The van der Waals surface area contributed by atoms with E-state index in [1.807, 2.05) is 0 Å². The molecule has 0 fully saturated rings. The molecular weight excluding hydrogens is 270 g/mol. The van der Waals surface area contributed by atoms with E-state index < -0.39 is 11.7 Å². The van der Waals surface area contributed by atoms with Gasteiger partial charge in [0.15, 0.2) is 5.78 Å². The highest BCUT2D eigenvalue weighted by molar-refractivity contribution is 5.87. The van der Waals surface area contributed by atoms with Crippen molar-refractivity contribution in [1.82, 2.24) is 5.32 Å². The number of aliphatic hydroxyl groups excluding tert-OH is 1. The zero-order chi connectivity index (χ0) is 16.3. The highest BCUT2D eigenvalue weighted by Crippen LogP contribution is 2.01. The zero-order valence-corrected chi connectivity index (χ0v) is 12.9. The minimum absolute atomic E-state index is 0.0471. The Balaban J connectivity index is 3.89. The van der Waals surface area contributed by atoms with E-state index >= 15 is 0 Å². The fourth-order valence-electron chi connectivity index (χ4n) is 1.30. The number of aliphatic hydroxyl groups is 2. The van der Waals surface area contributed by atoms with Crippen molar-refractivity contribution in [2.24, 2.45) is 0 Å². The van der Waals surface area contributed by atoms with Crippen molar-refractivity contribution >= 4 is 11.7 Å². The first kappa shape index (κ1) is 19.3. The molecule has 118 valence electrons. The molecule has 3 N–H and O–H groups in total. The first-order valence-electron chi connectivity index (χ1n) is 6.91. The molecule has 0 aromatic heterocycles. The topological polar surface area (TPSA) is 86.6 Å². The van der Waals surface area contributed by atoms with Gasteiger partial charge in [-0.2, -0.15) is 0 Å². The fraction of sp³-hybridized carbons (Fsp3) is 0.500. The van der Waals surface area contributed by atoms with Gasteiger partial charge < -0.3 is 15.5 Å². The summed E-state index contributed by atoms with van der Waals surface area (Å²) in [7, 11) is 0. The van der Waals surface area contributed by atoms with Crippen molar-refractivity contribution in [3.05, 3.63) is 36.5 Å². The number of ketones is 1. The molecule has 5 heteroatoms. The summed E-state index contributed by atoms with van der Waals surface area (Å²) in [5.41, 5.74) is -0.933. The summed E-state index contributed by atoms with van der Waals surface area (Å²) in [6.07, 6.45) is 9.66. The number of hydrogen-bond donors (Lipinski definition) is 3. The van der Waals surface area contributed by atoms with Gasteiger partial charge in [-0.05, 0) is 45.8 Å². The quantitative estimate of drug-likeness (QED) is 0.442. The first-order chi connectivity index (χ1) is 9.70. The lowest BCUT2D eigenvalue weighted by molar-refractivity contribution is -0.117. The van der Waals surface area contributed by atoms with Gasteiger partial charge in [-0.15, -0.1) is 0 Å². The van der Waals surface area contributed by atoms with Gasteiger partial charge in [0.1, 0.15) is 0 Å². The number of carbonyl (C=O) groups excluding carboxylic acids is 2. The number of nitrogens with one attached hydrogen (secondary N) is 1. The van der Waals surface area contributed by atoms with Crippen LogP contribution < -0.4 is 5.32 Å². The molecule has 0 saturated carbocycles. The van der Waals surface area contributed by atoms with Crippen LogP contribution in [0.25, 0.3) is 0 Å². The van der Waals surface area contributed by atoms with Gasteiger partial charge in [-0.25, -0.2) is 0 Å². The Hall–Kier alpha value is -1.72. The van der Waals surface area contributed by atoms with E-state index in [9.17, 15) is 19.8 Å². The molecule has 0 spiro atoms. The number of allylic oxidation sites excluding steroid dienone is 4. The molecule has 0 bridgehead atoms. The summed E-state index contributed by atoms with van der Waals surface area (Å²) < 4.78 is 0. The second-order valence-electron chi connectivity index (χ2n) is 5.43. The molecule has 0 aliphatic heterocycles. The zero-order valence-electron chi connectivity index (χ0n) is 12.9. The van der Waals surface area contributed by atoms with E-state index in [1.54, 1.807) is 38.2 Å². The monoisotopic (exact) mass is 295 g/mol. The van der Waals surface area contributed by atoms with Gasteiger partial charge >= 0.3 is 0 Å². The van der Waals surface area contributed by atoms with E-state index in [0.717, 1.165) is 0 Å². The van der Waals surface area contributed by atoms with Gasteiger partial charge in [-0.1, -0.05) is 24.3 Å². The SMILES string of the molecule is CC(=O)/C=C/C=C/C(O)CC/C=C/C(=O)NCC(C)(C)O. The van der Waals surface area contributed by atoms with E-state index in [1.165, 1.54) is 19.1 Å². The molecule has 0 aliphatic carbocycles. The lowest BCUT2D eigenvalue weighted by Gasteiger charge is -2.16. The molecule has 1 atom stereocenters. The van der Waals surface area contributed by atoms with Crippen LogP contribution in [0.15, 0.2) is 36.5 Å². The Kier molecular flexibility index (Phi) is 9.25. The highest BCUT2D eigenvalue weighted by Gasteiger charge is 2.12. The standard InChI is InChI=1S/C16H25NO4/c1-13(18)8-4-5-9-14(19)10-6-7-11-15(20)17-12-16(2,3)21/h4-5,7-9,11,14,19,21H,6,10,12H2,1-3H3,(H,17,20)/b8-4+,9-5+,11-7+. The second-order valence-corrected chi connectivity index (χ2v) is 5.43. The maximum absolute atomic E-state index is 11.4. The van der Waals surface area contributed by atoms with Crippen LogP contribution in [0.3, 0.4) is 0 Å². The number of hydrogen-bond acceptors (Lipinski definition) is 4. The predicted molar refractivity (Wildman–Crippen MR) is 82.6 cm³/mol. The van der Waals surface area contributed by atoms with Crippen molar-refractivity contribution < 1.29 is 19.8 Å².